The summed E-state index contributed by atoms with van der Waals surface area (Å²) >= 11 is 0. The molecule has 22 heavy (non-hydrogen) atoms. The summed E-state index contributed by atoms with van der Waals surface area (Å²) in [6, 6.07) is 11.8. The molecule has 118 valence electrons. The Labute approximate surface area is 130 Å². The van der Waals surface area contributed by atoms with Gasteiger partial charge in [0.2, 0.25) is 10.0 Å². The third-order valence-corrected chi connectivity index (χ3v) is 5.59. The van der Waals surface area contributed by atoms with Crippen LogP contribution in [-0.4, -0.2) is 26.9 Å². The molecule has 0 saturated heterocycles. The second kappa shape index (κ2) is 6.46. The van der Waals surface area contributed by atoms with Gasteiger partial charge in [0.25, 0.3) is 0 Å². The first kappa shape index (κ1) is 16.5. The minimum absolute atomic E-state index is 0.106. The average molecular weight is 323 g/mol. The fourth-order valence-electron chi connectivity index (χ4n) is 2.15. The molecular formula is C16H18FNO3S. The van der Waals surface area contributed by atoms with Crippen LogP contribution in [0.2, 0.25) is 0 Å². The molecule has 0 aliphatic heterocycles. The van der Waals surface area contributed by atoms with Gasteiger partial charge in [-0.3, -0.25) is 0 Å². The van der Waals surface area contributed by atoms with Gasteiger partial charge >= 0.3 is 0 Å². The lowest BCUT2D eigenvalue weighted by atomic mass is 10.1. The first-order chi connectivity index (χ1) is 10.4. The van der Waals surface area contributed by atoms with E-state index in [1.807, 2.05) is 0 Å². The van der Waals surface area contributed by atoms with E-state index in [2.05, 4.69) is 0 Å². The van der Waals surface area contributed by atoms with Crippen molar-refractivity contribution in [2.75, 3.05) is 14.2 Å². The van der Waals surface area contributed by atoms with Crippen LogP contribution in [0.5, 0.6) is 5.75 Å². The van der Waals surface area contributed by atoms with Crippen LogP contribution in [0, 0.1) is 5.82 Å². The molecule has 0 N–H and O–H groups in total. The fraction of sp³-hybridized carbons (Fsp3) is 0.250. The summed E-state index contributed by atoms with van der Waals surface area (Å²) in [6.45, 7) is 1.75. The maximum atomic E-state index is 13.0. The van der Waals surface area contributed by atoms with Gasteiger partial charge in [0.1, 0.15) is 16.5 Å². The monoisotopic (exact) mass is 323 g/mol. The highest BCUT2D eigenvalue weighted by Crippen LogP contribution is 2.30. The van der Waals surface area contributed by atoms with Gasteiger partial charge in [-0.25, -0.2) is 12.8 Å². The third kappa shape index (κ3) is 3.13. The summed E-state index contributed by atoms with van der Waals surface area (Å²) in [7, 11) is -0.801. The molecule has 0 radical (unpaired) electrons. The number of rotatable bonds is 5. The second-order valence-corrected chi connectivity index (χ2v) is 6.87. The Morgan fingerprint density at radius 1 is 1.09 bits per heavy atom. The molecule has 0 bridgehead atoms. The van der Waals surface area contributed by atoms with Crippen molar-refractivity contribution in [2.24, 2.45) is 0 Å². The van der Waals surface area contributed by atoms with Crippen molar-refractivity contribution < 1.29 is 17.5 Å². The average Bonchev–Trinajstić information content (AvgIpc) is 2.54. The number of halogens is 1. The molecule has 0 aliphatic carbocycles. The van der Waals surface area contributed by atoms with Crippen molar-refractivity contribution in [1.29, 1.82) is 0 Å². The molecular weight excluding hydrogens is 305 g/mol. The second-order valence-electron chi connectivity index (χ2n) is 4.90. The quantitative estimate of drug-likeness (QED) is 0.849. The standard InChI is InChI=1S/C16H18FNO3S/c1-12(13-8-10-14(17)11-9-13)18(2)22(19,20)16-7-5-4-6-15(16)21-3/h4-12H,1-3H3/t12-/m0/s1. The number of methoxy groups -OCH3 is 1. The maximum absolute atomic E-state index is 13.0. The van der Waals surface area contributed by atoms with Crippen LogP contribution < -0.4 is 4.74 Å². The molecule has 0 spiro atoms. The third-order valence-electron chi connectivity index (χ3n) is 3.62. The van der Waals surface area contributed by atoms with Gasteiger partial charge in [0.05, 0.1) is 7.11 Å². The highest BCUT2D eigenvalue weighted by molar-refractivity contribution is 7.89. The lowest BCUT2D eigenvalue weighted by Gasteiger charge is -2.25. The topological polar surface area (TPSA) is 46.6 Å². The summed E-state index contributed by atoms with van der Waals surface area (Å²) in [4.78, 5) is 0.106. The predicted molar refractivity (Wildman–Crippen MR) is 82.8 cm³/mol. The zero-order chi connectivity index (χ0) is 16.3. The lowest BCUT2D eigenvalue weighted by molar-refractivity contribution is 0.382. The number of nitrogens with zero attached hydrogens (tertiary/aromatic N) is 1. The molecule has 0 fully saturated rings. The van der Waals surface area contributed by atoms with Crippen molar-refractivity contribution in [3.63, 3.8) is 0 Å². The van der Waals surface area contributed by atoms with E-state index in [0.717, 1.165) is 0 Å². The number of benzene rings is 2. The molecule has 0 heterocycles. The molecule has 0 aromatic heterocycles. The van der Waals surface area contributed by atoms with Crippen LogP contribution in [0.25, 0.3) is 0 Å². The van der Waals surface area contributed by atoms with Crippen molar-refractivity contribution in [3.05, 3.63) is 59.9 Å². The largest absolute Gasteiger partial charge is 0.495 e. The van der Waals surface area contributed by atoms with Crippen molar-refractivity contribution in [2.45, 2.75) is 17.9 Å². The highest BCUT2D eigenvalue weighted by atomic mass is 32.2. The van der Waals surface area contributed by atoms with Gasteiger partial charge in [-0.05, 0) is 36.8 Å². The van der Waals surface area contributed by atoms with Gasteiger partial charge in [-0.2, -0.15) is 4.31 Å². The Kier molecular flexibility index (Phi) is 4.83. The molecule has 0 amide bonds. The van der Waals surface area contributed by atoms with Crippen molar-refractivity contribution in [3.8, 4) is 5.75 Å². The number of para-hydroxylation sites is 1. The summed E-state index contributed by atoms with van der Waals surface area (Å²) < 4.78 is 44.9. The zero-order valence-corrected chi connectivity index (χ0v) is 13.5. The van der Waals surface area contributed by atoms with Gasteiger partial charge in [0.15, 0.2) is 0 Å². The molecule has 6 heteroatoms. The first-order valence-electron chi connectivity index (χ1n) is 6.74. The van der Waals surface area contributed by atoms with Crippen molar-refractivity contribution in [1.82, 2.24) is 4.31 Å². The Hall–Kier alpha value is -1.92. The molecule has 4 nitrogen and oxygen atoms in total. The first-order valence-corrected chi connectivity index (χ1v) is 8.18. The van der Waals surface area contributed by atoms with Gasteiger partial charge in [-0.1, -0.05) is 24.3 Å². The summed E-state index contributed by atoms with van der Waals surface area (Å²) in [5, 5.41) is 0. The van der Waals surface area contributed by atoms with Gasteiger partial charge in [-0.15, -0.1) is 0 Å². The molecule has 2 rings (SSSR count). The molecule has 0 unspecified atom stereocenters. The Morgan fingerprint density at radius 3 is 2.27 bits per heavy atom. The van der Waals surface area contributed by atoms with Crippen molar-refractivity contribution >= 4 is 10.0 Å². The number of hydrogen-bond acceptors (Lipinski definition) is 3. The van der Waals surface area contributed by atoms with E-state index in [1.54, 1.807) is 37.3 Å². The van der Waals surface area contributed by atoms with Crippen LogP contribution in [0.1, 0.15) is 18.5 Å². The number of hydrogen-bond donors (Lipinski definition) is 0. The molecule has 0 aliphatic rings. The van der Waals surface area contributed by atoms with Gasteiger partial charge in [0, 0.05) is 13.1 Å². The number of sulfonamides is 1. The van der Waals surface area contributed by atoms with E-state index in [4.69, 9.17) is 4.74 Å². The van der Waals surface area contributed by atoms with Gasteiger partial charge < -0.3 is 4.74 Å². The van der Waals surface area contributed by atoms with Crippen LogP contribution in [-0.2, 0) is 10.0 Å². The Bertz CT molecular complexity index is 744. The summed E-state index contributed by atoms with van der Waals surface area (Å²) in [5.74, 6) is -0.0631. The van der Waals surface area contributed by atoms with Crippen LogP contribution in [0.4, 0.5) is 4.39 Å². The highest BCUT2D eigenvalue weighted by Gasteiger charge is 2.28. The van der Waals surface area contributed by atoms with E-state index in [1.165, 1.54) is 36.7 Å². The molecule has 1 atom stereocenters. The zero-order valence-electron chi connectivity index (χ0n) is 12.7. The van der Waals surface area contributed by atoms with Crippen LogP contribution in [0.3, 0.4) is 0 Å². The minimum atomic E-state index is -3.72. The molecule has 2 aromatic rings. The fourth-order valence-corrected chi connectivity index (χ4v) is 3.65. The maximum Gasteiger partial charge on any atom is 0.247 e. The van der Waals surface area contributed by atoms with Crippen LogP contribution in [0.15, 0.2) is 53.4 Å². The van der Waals surface area contributed by atoms with E-state index >= 15 is 0 Å². The summed E-state index contributed by atoms with van der Waals surface area (Å²) in [6.07, 6.45) is 0. The summed E-state index contributed by atoms with van der Waals surface area (Å²) in [5.41, 5.74) is 0.711. The van der Waals surface area contributed by atoms with E-state index in [-0.39, 0.29) is 10.7 Å². The Morgan fingerprint density at radius 2 is 1.68 bits per heavy atom. The minimum Gasteiger partial charge on any atom is -0.495 e. The Balaban J connectivity index is 2.38. The predicted octanol–water partition coefficient (Wildman–Crippen LogP) is 3.22. The smallest absolute Gasteiger partial charge is 0.247 e. The van der Waals surface area contributed by atoms with Crippen LogP contribution >= 0.6 is 0 Å². The molecule has 0 saturated carbocycles. The SMILES string of the molecule is COc1ccccc1S(=O)(=O)N(C)[C@@H](C)c1ccc(F)cc1. The van der Waals surface area contributed by atoms with E-state index in [0.29, 0.717) is 11.3 Å². The van der Waals surface area contributed by atoms with E-state index < -0.39 is 16.1 Å². The lowest BCUT2D eigenvalue weighted by Crippen LogP contribution is -2.30. The normalized spacial score (nSPS) is 13.1. The van der Waals surface area contributed by atoms with E-state index in [9.17, 15) is 12.8 Å². The molecule has 2 aromatic carbocycles. The number of ether oxygens (including phenoxy) is 1.